The van der Waals surface area contributed by atoms with E-state index in [2.05, 4.69) is 110 Å². The van der Waals surface area contributed by atoms with E-state index in [0.29, 0.717) is 6.04 Å². The van der Waals surface area contributed by atoms with Gasteiger partial charge in [0.1, 0.15) is 0 Å². The molecule has 1 aliphatic heterocycles. The normalized spacial score (nSPS) is 18.7. The molecule has 2 aliphatic carbocycles. The van der Waals surface area contributed by atoms with Gasteiger partial charge in [-0.2, -0.15) is 0 Å². The van der Waals surface area contributed by atoms with Gasteiger partial charge in [0, 0.05) is 0 Å². The number of benzene rings is 4. The van der Waals surface area contributed by atoms with Gasteiger partial charge in [0.15, 0.2) is 0 Å². The summed E-state index contributed by atoms with van der Waals surface area (Å²) in [5, 5.41) is 4.76. The van der Waals surface area contributed by atoms with Crippen molar-refractivity contribution in [3.8, 4) is 28.0 Å². The third kappa shape index (κ3) is 5.26. The fourth-order valence-corrected chi connectivity index (χ4v) is 16.1. The van der Waals surface area contributed by atoms with Crippen LogP contribution in [0.5, 0.6) is 5.75 Å². The summed E-state index contributed by atoms with van der Waals surface area (Å²) >= 11 is -3.82. The number of hydrogen-bond acceptors (Lipinski definition) is 2. The van der Waals surface area contributed by atoms with Crippen molar-refractivity contribution in [2.24, 2.45) is 0 Å². The molecule has 0 bridgehead atoms. The van der Waals surface area contributed by atoms with E-state index in [1.54, 1.807) is 12.1 Å². The van der Waals surface area contributed by atoms with E-state index in [-0.39, 0.29) is 36.0 Å². The van der Waals surface area contributed by atoms with Crippen molar-refractivity contribution in [2.45, 2.75) is 55.5 Å². The first kappa shape index (κ1) is 33.2. The van der Waals surface area contributed by atoms with Crippen LogP contribution in [0.1, 0.15) is 61.9 Å². The molecule has 1 unspecified atom stereocenters. The smallest absolute Gasteiger partial charge is 0.147 e. The van der Waals surface area contributed by atoms with Crippen LogP contribution in [-0.2, 0) is 19.8 Å². The van der Waals surface area contributed by atoms with E-state index in [1.807, 2.05) is 6.07 Å². The molecule has 7 heteroatoms. The molecule has 2 nitrogen and oxygen atoms in total. The maximum absolute atomic E-state index is 14.9. The van der Waals surface area contributed by atoms with E-state index < -0.39 is 14.4 Å². The molecule has 0 radical (unpaired) electrons. The van der Waals surface area contributed by atoms with Crippen LogP contribution in [-0.4, -0.2) is 25.6 Å². The van der Waals surface area contributed by atoms with Gasteiger partial charge in [0.2, 0.25) is 0 Å². The summed E-state index contributed by atoms with van der Waals surface area (Å²) in [7, 11) is 2.08. The molecule has 0 N–H and O–H groups in total. The first-order valence-corrected chi connectivity index (χ1v) is 23.9. The molecule has 44 heavy (non-hydrogen) atoms. The summed E-state index contributed by atoms with van der Waals surface area (Å²) in [6.45, 7) is 9.20. The molecule has 230 valence electrons. The molecular formula is C37H42Cl2FNOSiTi. The molecule has 1 atom stereocenters. The number of halogens is 3. The number of likely N-dealkylation sites (tertiary alicyclic amines) is 1. The summed E-state index contributed by atoms with van der Waals surface area (Å²) in [6.07, 6.45) is 2.53. The standard InChI is InChI=1S/C21H17FO.C14H16N.2CH3.2ClH.H2Si.Ti/c1-21(2)18-6-4-3-5-15(18)16-9-7-13(11-19(16)21)17-12-14(22)8-10-20(17)23;1-11-10-12-6-2-3-7-13(12)14(11)15-8-4-5-9-15;;;;;;/h3-12,23H,1-2H3;2-3,6-7,14H,4-5,8-9H2,1H3;2*1H3;2*1H;1H2;/q;;;;;;;+1/p-1. The monoisotopic (exact) mass is 681 g/mol. The van der Waals surface area contributed by atoms with Crippen LogP contribution in [0.4, 0.5) is 4.39 Å². The summed E-state index contributed by atoms with van der Waals surface area (Å²) < 4.78 is 23.7. The van der Waals surface area contributed by atoms with E-state index in [0.717, 1.165) is 30.0 Å². The zero-order valence-electron chi connectivity index (χ0n) is 26.2. The largest absolute Gasteiger partial charge is 0.147 e. The Morgan fingerprint density at radius 1 is 0.795 bits per heavy atom. The maximum Gasteiger partial charge on any atom is -0.147 e. The Labute approximate surface area is 276 Å². The fourth-order valence-electron chi connectivity index (χ4n) is 8.14. The van der Waals surface area contributed by atoms with Crippen LogP contribution in [0.2, 0.25) is 10.5 Å². The SMILES string of the molecule is CC1=[C]([Ti]([CH3])([CH3])(=[SiH2])[O]c2ccc(F)cc2-c2ccc3c(c2)C(C)(C)c2ccccc2-3)c2ccccc2C1N1CCCC1.Cl.Cl. The van der Waals surface area contributed by atoms with Gasteiger partial charge in [-0.3, -0.25) is 0 Å². The summed E-state index contributed by atoms with van der Waals surface area (Å²) in [4.78, 5) is 2.65. The van der Waals surface area contributed by atoms with Crippen molar-refractivity contribution < 1.29 is 22.1 Å². The minimum absolute atomic E-state index is 0. The quantitative estimate of drug-likeness (QED) is 0.195. The summed E-state index contributed by atoms with van der Waals surface area (Å²) in [6, 6.07) is 29.6. The van der Waals surface area contributed by atoms with Crippen LogP contribution in [0.3, 0.4) is 0 Å². The Bertz CT molecular complexity index is 1870. The van der Waals surface area contributed by atoms with E-state index in [1.165, 1.54) is 55.7 Å². The molecule has 7 rings (SSSR count). The Morgan fingerprint density at radius 2 is 1.43 bits per heavy atom. The van der Waals surface area contributed by atoms with Gasteiger partial charge >= 0.3 is 254 Å². The van der Waals surface area contributed by atoms with Gasteiger partial charge in [-0.15, -0.1) is 24.8 Å². The van der Waals surface area contributed by atoms with E-state index >= 15 is 0 Å². The molecule has 1 saturated heterocycles. The van der Waals surface area contributed by atoms with Crippen LogP contribution in [0.25, 0.3) is 26.1 Å². The second kappa shape index (κ2) is 11.6. The molecule has 0 aromatic heterocycles. The van der Waals surface area contributed by atoms with Crippen molar-refractivity contribution in [2.75, 3.05) is 13.1 Å². The minimum Gasteiger partial charge on any atom is -0.147 e. The number of hydrogen-bond donors (Lipinski definition) is 0. The number of fused-ring (bicyclic) bond motifs is 4. The van der Waals surface area contributed by atoms with Crippen molar-refractivity contribution in [3.63, 3.8) is 0 Å². The Morgan fingerprint density at radius 3 is 2.16 bits per heavy atom. The number of nitrogens with zero attached hydrogens (tertiary/aromatic N) is 1. The maximum atomic E-state index is 14.9. The zero-order valence-corrected chi connectivity index (χ0v) is 30.9. The molecule has 3 aliphatic rings. The van der Waals surface area contributed by atoms with Gasteiger partial charge < -0.3 is 0 Å². The van der Waals surface area contributed by atoms with Crippen LogP contribution >= 0.6 is 24.8 Å². The first-order chi connectivity index (χ1) is 19.9. The van der Waals surface area contributed by atoms with Gasteiger partial charge in [-0.25, -0.2) is 0 Å². The Kier molecular flexibility index (Phi) is 8.72. The molecule has 0 saturated carbocycles. The third-order valence-electron chi connectivity index (χ3n) is 9.89. The Balaban J connectivity index is 0.00000192. The molecule has 1 fully saturated rings. The molecular weight excluding hydrogens is 640 g/mol. The molecule has 1 heterocycles. The minimum atomic E-state index is -3.82. The number of rotatable bonds is 5. The van der Waals surface area contributed by atoms with Crippen molar-refractivity contribution in [1.82, 2.24) is 4.90 Å². The summed E-state index contributed by atoms with van der Waals surface area (Å²) in [5.41, 5.74) is 11.1. The van der Waals surface area contributed by atoms with Crippen LogP contribution < -0.4 is 3.32 Å². The molecule has 4 aromatic rings. The van der Waals surface area contributed by atoms with Crippen molar-refractivity contribution >= 4 is 36.3 Å². The predicted octanol–water partition coefficient (Wildman–Crippen LogP) is 9.85. The fraction of sp³-hybridized carbons (Fsp3) is 0.297. The summed E-state index contributed by atoms with van der Waals surface area (Å²) in [5.74, 6) is 0.540. The Hall–Kier alpha value is -2.18. The second-order valence-corrected chi connectivity index (χ2v) is 31.5. The molecule has 4 aromatic carbocycles. The van der Waals surface area contributed by atoms with E-state index in [9.17, 15) is 4.39 Å². The van der Waals surface area contributed by atoms with Gasteiger partial charge in [0.25, 0.3) is 0 Å². The van der Waals surface area contributed by atoms with Gasteiger partial charge in [-0.05, 0) is 0 Å². The molecule has 0 amide bonds. The van der Waals surface area contributed by atoms with Crippen LogP contribution in [0.15, 0.2) is 90.5 Å². The zero-order chi connectivity index (χ0) is 29.5. The van der Waals surface area contributed by atoms with Crippen molar-refractivity contribution in [1.29, 1.82) is 0 Å². The predicted molar refractivity (Wildman–Crippen MR) is 187 cm³/mol. The van der Waals surface area contributed by atoms with Gasteiger partial charge in [0.05, 0.1) is 0 Å². The third-order valence-corrected chi connectivity index (χ3v) is 16.8. The van der Waals surface area contributed by atoms with E-state index in [4.69, 9.17) is 3.32 Å². The van der Waals surface area contributed by atoms with Crippen LogP contribution in [0, 0.1) is 5.82 Å². The average Bonchev–Trinajstić information content (AvgIpc) is 3.64. The average molecular weight is 683 g/mol. The topological polar surface area (TPSA) is 12.5 Å². The molecule has 0 spiro atoms. The first-order valence-electron chi connectivity index (χ1n) is 15.3. The second-order valence-electron chi connectivity index (χ2n) is 14.0. The van der Waals surface area contributed by atoms with Crippen molar-refractivity contribution in [3.05, 3.63) is 119 Å². The van der Waals surface area contributed by atoms with Gasteiger partial charge in [-0.1, -0.05) is 0 Å².